The number of nitriles is 1. The highest BCUT2D eigenvalue weighted by atomic mass is 16.5. The van der Waals surface area contributed by atoms with Gasteiger partial charge in [0.2, 0.25) is 0 Å². The van der Waals surface area contributed by atoms with Gasteiger partial charge in [-0.3, -0.25) is 0 Å². The SMILES string of the molecule is CC(C)COc1cccc(CNc2ccc(C#N)cn2)c1. The van der Waals surface area contributed by atoms with E-state index in [1.807, 2.05) is 24.3 Å². The summed E-state index contributed by atoms with van der Waals surface area (Å²) in [5.74, 6) is 2.15. The second kappa shape index (κ2) is 7.30. The number of rotatable bonds is 6. The first-order chi connectivity index (χ1) is 10.2. The Kier molecular flexibility index (Phi) is 5.16. The van der Waals surface area contributed by atoms with E-state index in [0.717, 1.165) is 17.1 Å². The van der Waals surface area contributed by atoms with Gasteiger partial charge in [0.1, 0.15) is 17.6 Å². The Morgan fingerprint density at radius 1 is 1.29 bits per heavy atom. The number of nitrogens with one attached hydrogen (secondary N) is 1. The lowest BCUT2D eigenvalue weighted by Gasteiger charge is -2.10. The standard InChI is InChI=1S/C17H19N3O/c1-13(2)12-21-16-5-3-4-14(8-16)10-19-17-7-6-15(9-18)11-20-17/h3-8,11,13H,10,12H2,1-2H3,(H,19,20). The molecule has 0 bridgehead atoms. The van der Waals surface area contributed by atoms with Gasteiger partial charge in [0, 0.05) is 12.7 Å². The van der Waals surface area contributed by atoms with E-state index < -0.39 is 0 Å². The van der Waals surface area contributed by atoms with Crippen molar-refractivity contribution < 1.29 is 4.74 Å². The molecule has 4 heteroatoms. The molecule has 0 atom stereocenters. The smallest absolute Gasteiger partial charge is 0.126 e. The molecule has 2 rings (SSSR count). The first kappa shape index (κ1) is 14.9. The van der Waals surface area contributed by atoms with E-state index in [0.29, 0.717) is 24.6 Å². The van der Waals surface area contributed by atoms with Crippen molar-refractivity contribution in [2.75, 3.05) is 11.9 Å². The lowest BCUT2D eigenvalue weighted by molar-refractivity contribution is 0.271. The first-order valence-corrected chi connectivity index (χ1v) is 6.99. The largest absolute Gasteiger partial charge is 0.493 e. The third-order valence-electron chi connectivity index (χ3n) is 2.85. The van der Waals surface area contributed by atoms with Crippen LogP contribution in [0.2, 0.25) is 0 Å². The summed E-state index contributed by atoms with van der Waals surface area (Å²) in [5.41, 5.74) is 1.69. The molecule has 0 unspecified atom stereocenters. The van der Waals surface area contributed by atoms with Crippen molar-refractivity contribution in [3.63, 3.8) is 0 Å². The molecule has 0 aliphatic rings. The van der Waals surface area contributed by atoms with Crippen LogP contribution in [-0.4, -0.2) is 11.6 Å². The number of pyridine rings is 1. The fourth-order valence-electron chi connectivity index (χ4n) is 1.77. The maximum absolute atomic E-state index is 8.73. The second-order valence-electron chi connectivity index (χ2n) is 5.25. The van der Waals surface area contributed by atoms with Gasteiger partial charge in [-0.1, -0.05) is 26.0 Å². The molecular formula is C17H19N3O. The van der Waals surface area contributed by atoms with Crippen LogP contribution in [0.1, 0.15) is 25.0 Å². The van der Waals surface area contributed by atoms with E-state index in [2.05, 4.69) is 30.2 Å². The third-order valence-corrected chi connectivity index (χ3v) is 2.85. The summed E-state index contributed by atoms with van der Waals surface area (Å²) < 4.78 is 5.71. The molecule has 1 heterocycles. The Hall–Kier alpha value is -2.54. The van der Waals surface area contributed by atoms with Crippen LogP contribution < -0.4 is 10.1 Å². The van der Waals surface area contributed by atoms with E-state index in [4.69, 9.17) is 10.00 Å². The zero-order valence-electron chi connectivity index (χ0n) is 12.3. The minimum Gasteiger partial charge on any atom is -0.493 e. The number of aromatic nitrogens is 1. The molecule has 0 aliphatic heterocycles. The van der Waals surface area contributed by atoms with Gasteiger partial charge in [-0.05, 0) is 35.7 Å². The number of nitrogens with zero attached hydrogens (tertiary/aromatic N) is 2. The minimum absolute atomic E-state index is 0.509. The number of benzene rings is 1. The summed E-state index contributed by atoms with van der Waals surface area (Å²) in [6.45, 7) is 5.63. The topological polar surface area (TPSA) is 57.9 Å². The average molecular weight is 281 g/mol. The molecule has 0 aliphatic carbocycles. The number of anilines is 1. The van der Waals surface area contributed by atoms with Crippen LogP contribution >= 0.6 is 0 Å². The van der Waals surface area contributed by atoms with Crippen molar-refractivity contribution >= 4 is 5.82 Å². The Morgan fingerprint density at radius 3 is 2.81 bits per heavy atom. The summed E-state index contributed by atoms with van der Waals surface area (Å²) in [6.07, 6.45) is 1.56. The summed E-state index contributed by atoms with van der Waals surface area (Å²) >= 11 is 0. The molecular weight excluding hydrogens is 262 g/mol. The van der Waals surface area contributed by atoms with Crippen molar-refractivity contribution in [3.8, 4) is 11.8 Å². The van der Waals surface area contributed by atoms with Crippen LogP contribution in [0.25, 0.3) is 0 Å². The number of hydrogen-bond acceptors (Lipinski definition) is 4. The van der Waals surface area contributed by atoms with E-state index in [-0.39, 0.29) is 0 Å². The Balaban J connectivity index is 1.93. The monoisotopic (exact) mass is 281 g/mol. The second-order valence-corrected chi connectivity index (χ2v) is 5.25. The minimum atomic E-state index is 0.509. The van der Waals surface area contributed by atoms with Crippen LogP contribution in [0.4, 0.5) is 5.82 Å². The molecule has 2 aromatic rings. The number of ether oxygens (including phenoxy) is 1. The van der Waals surface area contributed by atoms with Gasteiger partial charge in [-0.15, -0.1) is 0 Å². The summed E-state index contributed by atoms with van der Waals surface area (Å²) in [7, 11) is 0. The quantitative estimate of drug-likeness (QED) is 0.879. The van der Waals surface area contributed by atoms with Crippen molar-refractivity contribution in [3.05, 3.63) is 53.7 Å². The van der Waals surface area contributed by atoms with Gasteiger partial charge >= 0.3 is 0 Å². The van der Waals surface area contributed by atoms with Gasteiger partial charge < -0.3 is 10.1 Å². The predicted molar refractivity (Wildman–Crippen MR) is 83.1 cm³/mol. The molecule has 4 nitrogen and oxygen atoms in total. The van der Waals surface area contributed by atoms with Gasteiger partial charge in [-0.2, -0.15) is 5.26 Å². The van der Waals surface area contributed by atoms with E-state index >= 15 is 0 Å². The zero-order chi connectivity index (χ0) is 15.1. The normalized spacial score (nSPS) is 10.2. The van der Waals surface area contributed by atoms with Gasteiger partial charge in [-0.25, -0.2) is 4.98 Å². The van der Waals surface area contributed by atoms with Crippen LogP contribution in [-0.2, 0) is 6.54 Å². The molecule has 108 valence electrons. The van der Waals surface area contributed by atoms with Crippen molar-refractivity contribution in [2.45, 2.75) is 20.4 Å². The summed E-state index contributed by atoms with van der Waals surface area (Å²) in [6, 6.07) is 13.6. The van der Waals surface area contributed by atoms with E-state index in [9.17, 15) is 0 Å². The Bertz CT molecular complexity index is 615. The highest BCUT2D eigenvalue weighted by molar-refractivity contribution is 5.40. The molecule has 21 heavy (non-hydrogen) atoms. The van der Waals surface area contributed by atoms with Crippen LogP contribution in [0.3, 0.4) is 0 Å². The fourth-order valence-corrected chi connectivity index (χ4v) is 1.77. The van der Waals surface area contributed by atoms with Crippen molar-refractivity contribution in [2.24, 2.45) is 5.92 Å². The van der Waals surface area contributed by atoms with Gasteiger partial charge in [0.15, 0.2) is 0 Å². The van der Waals surface area contributed by atoms with Gasteiger partial charge in [0.05, 0.1) is 12.2 Å². The number of hydrogen-bond donors (Lipinski definition) is 1. The molecule has 0 radical (unpaired) electrons. The van der Waals surface area contributed by atoms with Crippen LogP contribution in [0, 0.1) is 17.2 Å². The van der Waals surface area contributed by atoms with Crippen LogP contribution in [0.5, 0.6) is 5.75 Å². The fraction of sp³-hybridized carbons (Fsp3) is 0.294. The third kappa shape index (κ3) is 4.81. The lowest BCUT2D eigenvalue weighted by atomic mass is 10.2. The molecule has 0 saturated carbocycles. The molecule has 0 amide bonds. The zero-order valence-corrected chi connectivity index (χ0v) is 12.3. The molecule has 0 spiro atoms. The Labute approximate surface area is 125 Å². The summed E-state index contributed by atoms with van der Waals surface area (Å²) in [5, 5.41) is 12.0. The molecule has 1 aromatic carbocycles. The molecule has 0 fully saturated rings. The van der Waals surface area contributed by atoms with Crippen LogP contribution in [0.15, 0.2) is 42.6 Å². The maximum atomic E-state index is 8.73. The van der Waals surface area contributed by atoms with Crippen molar-refractivity contribution in [1.29, 1.82) is 5.26 Å². The van der Waals surface area contributed by atoms with E-state index in [1.165, 1.54) is 0 Å². The molecule has 1 aromatic heterocycles. The average Bonchev–Trinajstić information content (AvgIpc) is 2.52. The predicted octanol–water partition coefficient (Wildman–Crippen LogP) is 3.60. The summed E-state index contributed by atoms with van der Waals surface area (Å²) in [4.78, 5) is 4.18. The lowest BCUT2D eigenvalue weighted by Crippen LogP contribution is -2.05. The Morgan fingerprint density at radius 2 is 2.14 bits per heavy atom. The van der Waals surface area contributed by atoms with E-state index in [1.54, 1.807) is 18.3 Å². The molecule has 0 saturated heterocycles. The molecule has 1 N–H and O–H groups in total. The maximum Gasteiger partial charge on any atom is 0.126 e. The highest BCUT2D eigenvalue weighted by Gasteiger charge is 2.00. The first-order valence-electron chi connectivity index (χ1n) is 6.99. The highest BCUT2D eigenvalue weighted by Crippen LogP contribution is 2.15. The van der Waals surface area contributed by atoms with Gasteiger partial charge in [0.25, 0.3) is 0 Å². The van der Waals surface area contributed by atoms with Crippen molar-refractivity contribution in [1.82, 2.24) is 4.98 Å².